The Morgan fingerprint density at radius 1 is 1.44 bits per heavy atom. The van der Waals surface area contributed by atoms with Crippen molar-refractivity contribution in [3.05, 3.63) is 23.5 Å². The van der Waals surface area contributed by atoms with Crippen LogP contribution < -0.4 is 5.73 Å². The van der Waals surface area contributed by atoms with Gasteiger partial charge in [-0.1, -0.05) is 6.92 Å². The molecule has 18 heavy (non-hydrogen) atoms. The molecule has 0 aliphatic heterocycles. The molecule has 0 radical (unpaired) electrons. The first-order valence-corrected chi connectivity index (χ1v) is 4.92. The second kappa shape index (κ2) is 4.71. The molecule has 8 heteroatoms. The third kappa shape index (κ3) is 3.02. The molecule has 0 bridgehead atoms. The Morgan fingerprint density at radius 3 is 2.33 bits per heavy atom. The number of nitrogens with two attached hydrogens (primary N) is 1. The van der Waals surface area contributed by atoms with E-state index in [1.165, 1.54) is 6.92 Å². The predicted molar refractivity (Wildman–Crippen MR) is 54.8 cm³/mol. The molecule has 5 nitrogen and oxygen atoms in total. The van der Waals surface area contributed by atoms with E-state index in [-0.39, 0.29) is 6.54 Å². The average Bonchev–Trinajstić information content (AvgIpc) is 2.60. The number of halogens is 3. The Labute approximate surface area is 100.0 Å². The van der Waals surface area contributed by atoms with E-state index in [4.69, 9.17) is 10.8 Å². The van der Waals surface area contributed by atoms with Gasteiger partial charge in [-0.05, 0) is 0 Å². The summed E-state index contributed by atoms with van der Waals surface area (Å²) < 4.78 is 38.7. The number of carbonyl (C=O) groups is 2. The zero-order valence-corrected chi connectivity index (χ0v) is 9.36. The standard InChI is InChI=1S/C10H11F3N2O3/c1-5(8(14)16)2-15-3-6(9(17)18)7(4-15)10(11,12)13/h3-5H,2H2,1H3,(H2,14,16)(H,17,18). The van der Waals surface area contributed by atoms with Crippen LogP contribution in [0, 0.1) is 5.92 Å². The van der Waals surface area contributed by atoms with Crippen LogP contribution >= 0.6 is 0 Å². The SMILES string of the molecule is CC(Cn1cc(C(=O)O)c(C(F)(F)F)c1)C(N)=O. The lowest BCUT2D eigenvalue weighted by Gasteiger charge is -2.08. The smallest absolute Gasteiger partial charge is 0.418 e. The number of carbonyl (C=O) groups excluding carboxylic acids is 1. The minimum Gasteiger partial charge on any atom is -0.478 e. The van der Waals surface area contributed by atoms with Crippen LogP contribution in [0.2, 0.25) is 0 Å². The summed E-state index contributed by atoms with van der Waals surface area (Å²) in [5.41, 5.74) is 2.89. The zero-order chi connectivity index (χ0) is 14.1. The van der Waals surface area contributed by atoms with Crippen LogP contribution in [0.25, 0.3) is 0 Å². The molecule has 0 spiro atoms. The molecule has 1 atom stereocenters. The fraction of sp³-hybridized carbons (Fsp3) is 0.400. The third-order valence-electron chi connectivity index (χ3n) is 2.39. The number of alkyl halides is 3. The zero-order valence-electron chi connectivity index (χ0n) is 9.36. The van der Waals surface area contributed by atoms with Gasteiger partial charge in [-0.15, -0.1) is 0 Å². The molecule has 1 amide bonds. The number of rotatable bonds is 4. The van der Waals surface area contributed by atoms with Crippen molar-refractivity contribution in [3.8, 4) is 0 Å². The molecular formula is C10H11F3N2O3. The van der Waals surface area contributed by atoms with Gasteiger partial charge in [0.15, 0.2) is 0 Å². The van der Waals surface area contributed by atoms with Gasteiger partial charge >= 0.3 is 12.1 Å². The molecular weight excluding hydrogens is 253 g/mol. The molecule has 0 aliphatic carbocycles. The molecule has 0 saturated carbocycles. The topological polar surface area (TPSA) is 85.3 Å². The molecule has 0 aromatic carbocycles. The highest BCUT2D eigenvalue weighted by atomic mass is 19.4. The number of carboxylic acid groups (broad SMARTS) is 1. The number of amides is 1. The van der Waals surface area contributed by atoms with Crippen LogP contribution in [0.5, 0.6) is 0 Å². The van der Waals surface area contributed by atoms with Crippen LogP contribution in [0.15, 0.2) is 12.4 Å². The first kappa shape index (κ1) is 14.1. The van der Waals surface area contributed by atoms with Crippen molar-refractivity contribution in [2.75, 3.05) is 0 Å². The third-order valence-corrected chi connectivity index (χ3v) is 2.39. The van der Waals surface area contributed by atoms with Gasteiger partial charge in [0, 0.05) is 18.9 Å². The minimum absolute atomic E-state index is 0.105. The molecule has 1 heterocycles. The summed E-state index contributed by atoms with van der Waals surface area (Å²) in [5, 5.41) is 8.68. The molecule has 1 aromatic heterocycles. The largest absolute Gasteiger partial charge is 0.478 e. The van der Waals surface area contributed by atoms with Crippen molar-refractivity contribution in [1.29, 1.82) is 0 Å². The summed E-state index contributed by atoms with van der Waals surface area (Å²) in [6, 6.07) is 0. The molecule has 0 aliphatic rings. The van der Waals surface area contributed by atoms with Crippen LogP contribution in [0.1, 0.15) is 22.8 Å². The highest BCUT2D eigenvalue weighted by Gasteiger charge is 2.37. The second-order valence-electron chi connectivity index (χ2n) is 3.89. The Morgan fingerprint density at radius 2 is 2.00 bits per heavy atom. The van der Waals surface area contributed by atoms with E-state index >= 15 is 0 Å². The summed E-state index contributed by atoms with van der Waals surface area (Å²) in [6.07, 6.45) is -3.26. The average molecular weight is 264 g/mol. The van der Waals surface area contributed by atoms with Gasteiger partial charge in [0.2, 0.25) is 5.91 Å². The first-order valence-electron chi connectivity index (χ1n) is 4.92. The molecule has 0 fully saturated rings. The van der Waals surface area contributed by atoms with Gasteiger partial charge in [-0.2, -0.15) is 13.2 Å². The molecule has 1 rings (SSSR count). The fourth-order valence-electron chi connectivity index (χ4n) is 1.42. The number of nitrogens with zero attached hydrogens (tertiary/aromatic N) is 1. The first-order chi connectivity index (χ1) is 8.12. The predicted octanol–water partition coefficient (Wildman–Crippen LogP) is 1.33. The Hall–Kier alpha value is -1.99. The van der Waals surface area contributed by atoms with E-state index in [9.17, 15) is 22.8 Å². The lowest BCUT2D eigenvalue weighted by atomic mass is 10.2. The summed E-state index contributed by atoms with van der Waals surface area (Å²) in [5.74, 6) is -3.04. The molecule has 100 valence electrons. The quantitative estimate of drug-likeness (QED) is 0.860. The number of hydrogen-bond acceptors (Lipinski definition) is 2. The van der Waals surface area contributed by atoms with Crippen molar-refractivity contribution < 1.29 is 27.9 Å². The van der Waals surface area contributed by atoms with Crippen LogP contribution in [0.3, 0.4) is 0 Å². The maximum Gasteiger partial charge on any atom is 0.418 e. The number of primary amides is 1. The van der Waals surface area contributed by atoms with Gasteiger partial charge in [-0.25, -0.2) is 4.79 Å². The lowest BCUT2D eigenvalue weighted by molar-refractivity contribution is -0.138. The Bertz CT molecular complexity index is 479. The highest BCUT2D eigenvalue weighted by molar-refractivity contribution is 5.89. The van der Waals surface area contributed by atoms with Crippen LogP contribution in [-0.2, 0) is 17.5 Å². The Balaban J connectivity index is 3.11. The van der Waals surface area contributed by atoms with Crippen molar-refractivity contribution in [2.45, 2.75) is 19.6 Å². The van der Waals surface area contributed by atoms with E-state index in [1.54, 1.807) is 0 Å². The van der Waals surface area contributed by atoms with Gasteiger partial charge in [0.05, 0.1) is 17.0 Å². The molecule has 3 N–H and O–H groups in total. The van der Waals surface area contributed by atoms with Crippen LogP contribution in [0.4, 0.5) is 13.2 Å². The molecule has 1 aromatic rings. The summed E-state index contributed by atoms with van der Waals surface area (Å²) in [7, 11) is 0. The number of hydrogen-bond donors (Lipinski definition) is 2. The maximum absolute atomic E-state index is 12.5. The van der Waals surface area contributed by atoms with Crippen LogP contribution in [-0.4, -0.2) is 21.6 Å². The number of carboxylic acids is 1. The van der Waals surface area contributed by atoms with E-state index in [2.05, 4.69) is 0 Å². The maximum atomic E-state index is 12.5. The van der Waals surface area contributed by atoms with Crippen molar-refractivity contribution in [2.24, 2.45) is 11.7 Å². The monoisotopic (exact) mass is 264 g/mol. The number of aromatic carboxylic acids is 1. The van der Waals surface area contributed by atoms with Crippen molar-refractivity contribution >= 4 is 11.9 Å². The summed E-state index contributed by atoms with van der Waals surface area (Å²) in [4.78, 5) is 21.5. The van der Waals surface area contributed by atoms with Gasteiger partial charge in [-0.3, -0.25) is 4.79 Å². The van der Waals surface area contributed by atoms with E-state index in [0.29, 0.717) is 6.20 Å². The number of aromatic nitrogens is 1. The second-order valence-corrected chi connectivity index (χ2v) is 3.89. The van der Waals surface area contributed by atoms with E-state index in [1.807, 2.05) is 0 Å². The highest BCUT2D eigenvalue weighted by Crippen LogP contribution is 2.32. The fourth-order valence-corrected chi connectivity index (χ4v) is 1.42. The van der Waals surface area contributed by atoms with E-state index in [0.717, 1.165) is 10.8 Å². The van der Waals surface area contributed by atoms with Gasteiger partial charge in [0.1, 0.15) is 0 Å². The van der Waals surface area contributed by atoms with Crippen molar-refractivity contribution in [3.63, 3.8) is 0 Å². The van der Waals surface area contributed by atoms with Gasteiger partial charge < -0.3 is 15.4 Å². The lowest BCUT2D eigenvalue weighted by Crippen LogP contribution is -2.24. The van der Waals surface area contributed by atoms with Gasteiger partial charge in [0.25, 0.3) is 0 Å². The summed E-state index contributed by atoms with van der Waals surface area (Å²) in [6.45, 7) is 1.34. The minimum atomic E-state index is -4.76. The Kier molecular flexibility index (Phi) is 3.68. The molecule has 0 saturated heterocycles. The molecule has 1 unspecified atom stereocenters. The van der Waals surface area contributed by atoms with E-state index < -0.39 is 35.1 Å². The normalized spacial score (nSPS) is 13.3. The van der Waals surface area contributed by atoms with Crippen molar-refractivity contribution in [1.82, 2.24) is 4.57 Å². The summed E-state index contributed by atoms with van der Waals surface area (Å²) >= 11 is 0.